The van der Waals surface area contributed by atoms with Crippen molar-refractivity contribution in [3.63, 3.8) is 0 Å². The van der Waals surface area contributed by atoms with Gasteiger partial charge in [-0.1, -0.05) is 24.6 Å². The van der Waals surface area contributed by atoms with E-state index in [1.807, 2.05) is 32.9 Å². The summed E-state index contributed by atoms with van der Waals surface area (Å²) in [5.74, 6) is 0.654. The Hall–Kier alpha value is -1.82. The molecule has 0 radical (unpaired) electrons. The van der Waals surface area contributed by atoms with Gasteiger partial charge in [-0.15, -0.1) is 0 Å². The Labute approximate surface area is 113 Å². The molecule has 1 aromatic heterocycles. The van der Waals surface area contributed by atoms with Gasteiger partial charge >= 0.3 is 0 Å². The number of sulfonamides is 1. The Morgan fingerprint density at radius 3 is 2.63 bits per heavy atom. The Morgan fingerprint density at radius 2 is 2.05 bits per heavy atom. The summed E-state index contributed by atoms with van der Waals surface area (Å²) >= 11 is 0. The lowest BCUT2D eigenvalue weighted by molar-refractivity contribution is 0.598. The summed E-state index contributed by atoms with van der Waals surface area (Å²) < 4.78 is 26.9. The van der Waals surface area contributed by atoms with Crippen molar-refractivity contribution in [2.24, 2.45) is 0 Å². The first kappa shape index (κ1) is 13.6. The molecule has 0 spiro atoms. The zero-order chi connectivity index (χ0) is 14.0. The van der Waals surface area contributed by atoms with Crippen molar-refractivity contribution < 1.29 is 8.42 Å². The molecular formula is C13H17N3O2S. The molecule has 6 heteroatoms. The van der Waals surface area contributed by atoms with Crippen molar-refractivity contribution in [3.8, 4) is 0 Å². The summed E-state index contributed by atoms with van der Waals surface area (Å²) in [5.41, 5.74) is 2.56. The monoisotopic (exact) mass is 279 g/mol. The molecule has 1 aromatic carbocycles. The van der Waals surface area contributed by atoms with E-state index in [2.05, 4.69) is 14.7 Å². The summed E-state index contributed by atoms with van der Waals surface area (Å²) in [6.07, 6.45) is 2.00. The smallest absolute Gasteiger partial charge is 0.278 e. The van der Waals surface area contributed by atoms with Crippen molar-refractivity contribution in [3.05, 3.63) is 41.3 Å². The van der Waals surface area contributed by atoms with E-state index >= 15 is 0 Å². The number of aromatic nitrogens is 2. The Balaban J connectivity index is 2.30. The first-order valence-electron chi connectivity index (χ1n) is 6.06. The van der Waals surface area contributed by atoms with Crippen LogP contribution >= 0.6 is 0 Å². The van der Waals surface area contributed by atoms with E-state index in [0.29, 0.717) is 17.9 Å². The molecule has 2 rings (SSSR count). The number of aromatic amines is 1. The van der Waals surface area contributed by atoms with Gasteiger partial charge in [0.1, 0.15) is 5.82 Å². The molecule has 2 aromatic rings. The molecule has 102 valence electrons. The highest BCUT2D eigenvalue weighted by atomic mass is 32.2. The molecule has 0 saturated carbocycles. The second-order valence-electron chi connectivity index (χ2n) is 4.47. The summed E-state index contributed by atoms with van der Waals surface area (Å²) in [4.78, 5) is 6.80. The lowest BCUT2D eigenvalue weighted by Crippen LogP contribution is -2.14. The number of nitrogens with one attached hydrogen (secondary N) is 2. The molecule has 1 heterocycles. The van der Waals surface area contributed by atoms with Crippen molar-refractivity contribution in [1.29, 1.82) is 0 Å². The molecule has 0 fully saturated rings. The minimum Gasteiger partial charge on any atom is -0.332 e. The van der Waals surface area contributed by atoms with E-state index in [1.165, 1.54) is 6.20 Å². The van der Waals surface area contributed by atoms with Crippen molar-refractivity contribution in [1.82, 2.24) is 9.97 Å². The van der Waals surface area contributed by atoms with Gasteiger partial charge in [-0.3, -0.25) is 4.72 Å². The average molecular weight is 279 g/mol. The van der Waals surface area contributed by atoms with Crippen LogP contribution in [-0.2, 0) is 16.4 Å². The molecule has 0 unspecified atom stereocenters. The molecule has 0 saturated heterocycles. The summed E-state index contributed by atoms with van der Waals surface area (Å²) in [5, 5.41) is 0.0873. The number of aryl methyl sites for hydroxylation is 3. The molecule has 0 bridgehead atoms. The van der Waals surface area contributed by atoms with Gasteiger partial charge in [0.25, 0.3) is 10.0 Å². The van der Waals surface area contributed by atoms with Gasteiger partial charge in [0, 0.05) is 6.42 Å². The fraction of sp³-hybridized carbons (Fsp3) is 0.308. The maximum atomic E-state index is 12.2. The van der Waals surface area contributed by atoms with Crippen LogP contribution in [0.5, 0.6) is 0 Å². The van der Waals surface area contributed by atoms with Gasteiger partial charge in [0.2, 0.25) is 0 Å². The van der Waals surface area contributed by atoms with Crippen molar-refractivity contribution >= 4 is 15.7 Å². The second kappa shape index (κ2) is 5.05. The molecule has 0 atom stereocenters. The third-order valence-corrected chi connectivity index (χ3v) is 4.13. The minimum absolute atomic E-state index is 0.0873. The van der Waals surface area contributed by atoms with Gasteiger partial charge in [0.05, 0.1) is 11.9 Å². The first-order chi connectivity index (χ1) is 8.92. The molecule has 0 aliphatic heterocycles. The number of benzene rings is 1. The van der Waals surface area contributed by atoms with Gasteiger partial charge < -0.3 is 4.98 Å². The van der Waals surface area contributed by atoms with E-state index < -0.39 is 10.0 Å². The molecule has 0 aliphatic carbocycles. The van der Waals surface area contributed by atoms with Gasteiger partial charge in [-0.05, 0) is 25.5 Å². The molecular weight excluding hydrogens is 262 g/mol. The predicted molar refractivity (Wildman–Crippen MR) is 74.7 cm³/mol. The van der Waals surface area contributed by atoms with Crippen LogP contribution in [0.4, 0.5) is 5.69 Å². The van der Waals surface area contributed by atoms with Crippen molar-refractivity contribution in [2.75, 3.05) is 4.72 Å². The average Bonchev–Trinajstić information content (AvgIpc) is 2.82. The number of nitrogens with zero attached hydrogens (tertiary/aromatic N) is 1. The van der Waals surface area contributed by atoms with Crippen LogP contribution in [0.2, 0.25) is 0 Å². The van der Waals surface area contributed by atoms with E-state index in [9.17, 15) is 8.42 Å². The zero-order valence-corrected chi connectivity index (χ0v) is 12.0. The Morgan fingerprint density at radius 1 is 1.32 bits per heavy atom. The largest absolute Gasteiger partial charge is 0.332 e. The number of H-pyrrole nitrogens is 1. The summed E-state index contributed by atoms with van der Waals surface area (Å²) in [6, 6.07) is 5.57. The number of hydrogen-bond donors (Lipinski definition) is 2. The van der Waals surface area contributed by atoms with Crippen LogP contribution in [0.3, 0.4) is 0 Å². The molecule has 19 heavy (non-hydrogen) atoms. The Bertz CT molecular complexity index is 690. The fourth-order valence-corrected chi connectivity index (χ4v) is 2.86. The van der Waals surface area contributed by atoms with Gasteiger partial charge in [0.15, 0.2) is 5.03 Å². The van der Waals surface area contributed by atoms with Gasteiger partial charge in [-0.25, -0.2) is 4.98 Å². The third kappa shape index (κ3) is 2.96. The lowest BCUT2D eigenvalue weighted by atomic mass is 10.1. The number of rotatable bonds is 4. The summed E-state index contributed by atoms with van der Waals surface area (Å²) in [6.45, 7) is 5.75. The quantitative estimate of drug-likeness (QED) is 0.902. The minimum atomic E-state index is -3.61. The molecule has 2 N–H and O–H groups in total. The normalized spacial score (nSPS) is 11.5. The predicted octanol–water partition coefficient (Wildman–Crippen LogP) is 2.39. The van der Waals surface area contributed by atoms with E-state index in [1.54, 1.807) is 6.07 Å². The Kier molecular flexibility index (Phi) is 3.61. The maximum absolute atomic E-state index is 12.2. The number of anilines is 1. The molecule has 0 aliphatic rings. The first-order valence-corrected chi connectivity index (χ1v) is 7.54. The van der Waals surface area contributed by atoms with Crippen molar-refractivity contribution in [2.45, 2.75) is 32.2 Å². The topological polar surface area (TPSA) is 74.8 Å². The third-order valence-electron chi connectivity index (χ3n) is 2.86. The highest BCUT2D eigenvalue weighted by Gasteiger charge is 2.17. The number of hydrogen-bond acceptors (Lipinski definition) is 3. The van der Waals surface area contributed by atoms with E-state index in [-0.39, 0.29) is 5.03 Å². The molecule has 0 amide bonds. The van der Waals surface area contributed by atoms with Crippen LogP contribution < -0.4 is 4.72 Å². The van der Waals surface area contributed by atoms with Crippen LogP contribution in [-0.4, -0.2) is 18.4 Å². The van der Waals surface area contributed by atoms with E-state index in [4.69, 9.17) is 0 Å². The zero-order valence-electron chi connectivity index (χ0n) is 11.2. The lowest BCUT2D eigenvalue weighted by Gasteiger charge is -2.09. The van der Waals surface area contributed by atoms with Gasteiger partial charge in [-0.2, -0.15) is 8.42 Å². The standard InChI is InChI=1S/C13H17N3O2S/c1-4-12-14-8-13(15-12)19(17,18)16-11-6-5-9(2)7-10(11)3/h5-8,16H,4H2,1-3H3,(H,14,15). The highest BCUT2D eigenvalue weighted by molar-refractivity contribution is 7.92. The maximum Gasteiger partial charge on any atom is 0.278 e. The highest BCUT2D eigenvalue weighted by Crippen LogP contribution is 2.19. The van der Waals surface area contributed by atoms with Crippen LogP contribution in [0, 0.1) is 13.8 Å². The van der Waals surface area contributed by atoms with Crippen LogP contribution in [0.25, 0.3) is 0 Å². The SMILES string of the molecule is CCc1ncc(S(=O)(=O)Nc2ccc(C)cc2C)[nH]1. The van der Waals surface area contributed by atoms with Crippen LogP contribution in [0.1, 0.15) is 23.9 Å². The second-order valence-corrected chi connectivity index (χ2v) is 6.12. The number of imidazole rings is 1. The molecule has 5 nitrogen and oxygen atoms in total. The summed E-state index contributed by atoms with van der Waals surface area (Å²) in [7, 11) is -3.61. The van der Waals surface area contributed by atoms with Crippen LogP contribution in [0.15, 0.2) is 29.4 Å². The van der Waals surface area contributed by atoms with E-state index in [0.717, 1.165) is 11.1 Å². The fourth-order valence-electron chi connectivity index (χ4n) is 1.79.